The molecule has 5 aromatic carbocycles. The van der Waals surface area contributed by atoms with Gasteiger partial charge in [-0.2, -0.15) is 158 Å². The second-order valence-electron chi connectivity index (χ2n) is 24.2. The molecule has 2 aliphatic heterocycles. The summed E-state index contributed by atoms with van der Waals surface area (Å²) in [4.78, 5) is 30.6. The molecule has 2 N–H and O–H groups in total. The van der Waals surface area contributed by atoms with Gasteiger partial charge in [0.2, 0.25) is 34.5 Å². The first kappa shape index (κ1) is 95.1. The van der Waals surface area contributed by atoms with E-state index in [0.717, 1.165) is 35.6 Å². The zero-order chi connectivity index (χ0) is 91.9. The van der Waals surface area contributed by atoms with Crippen LogP contribution in [-0.2, 0) is 21.0 Å². The average molecular weight is 1870 g/mol. The maximum atomic E-state index is 14.8. The molecule has 8 aromatic rings. The number of alkyl halides is 36. The van der Waals surface area contributed by atoms with E-state index >= 15 is 0 Å². The molecular weight excluding hydrogens is 1840 g/mol. The number of nitrogens with two attached hydrogens (primary N) is 1. The molecule has 0 saturated heterocycles. The van der Waals surface area contributed by atoms with Crippen molar-refractivity contribution in [3.05, 3.63) is 53.6 Å². The molecule has 5 heterocycles. The number of halogens is 36. The second-order valence-corrected chi connectivity index (χ2v) is 24.2. The molecule has 0 radical (unpaired) electrons. The van der Waals surface area contributed by atoms with Gasteiger partial charge in [-0.25, -0.2) is 9.97 Å². The number of anilines is 1. The van der Waals surface area contributed by atoms with Gasteiger partial charge in [0, 0.05) is 50.2 Å². The number of rotatable bonds is 24. The molecule has 123 heavy (non-hydrogen) atoms. The van der Waals surface area contributed by atoms with Gasteiger partial charge in [0.25, 0.3) is 0 Å². The topological polar surface area (TPSA) is 259 Å². The minimum atomic E-state index is -6.10. The first-order chi connectivity index (χ1) is 56.3. The van der Waals surface area contributed by atoms with E-state index in [1.54, 1.807) is 0 Å². The fourth-order valence-electron chi connectivity index (χ4n) is 10.3. The first-order valence-electron chi connectivity index (χ1n) is 31.8. The second kappa shape index (κ2) is 34.9. The van der Waals surface area contributed by atoms with Gasteiger partial charge in [-0.15, -0.1) is 0 Å². The Hall–Kier alpha value is -11.7. The third-order valence-corrected chi connectivity index (χ3v) is 14.3. The number of fused-ring (bicyclic) bond motifs is 20. The third kappa shape index (κ3) is 25.7. The van der Waals surface area contributed by atoms with Gasteiger partial charge in [0.15, 0.2) is 114 Å². The number of benzene rings is 5. The van der Waals surface area contributed by atoms with E-state index in [4.69, 9.17) is 37.8 Å². The van der Waals surface area contributed by atoms with Gasteiger partial charge in [-0.1, -0.05) is 17.9 Å². The van der Waals surface area contributed by atoms with Crippen LogP contribution in [0.1, 0.15) is 11.1 Å². The van der Waals surface area contributed by atoms with Crippen LogP contribution in [0.25, 0.3) is 89.7 Å². The van der Waals surface area contributed by atoms with Crippen LogP contribution in [0.15, 0.2) is 42.5 Å². The van der Waals surface area contributed by atoms with Crippen LogP contribution >= 0.6 is 0 Å². The summed E-state index contributed by atoms with van der Waals surface area (Å²) in [7, 11) is 0. The fourth-order valence-corrected chi connectivity index (χ4v) is 10.3. The molecular formula is C64H33F36N9O13V. The molecule has 2 aliphatic rings. The summed E-state index contributed by atoms with van der Waals surface area (Å²) in [6.07, 6.45) is -72.1. The summed E-state index contributed by atoms with van der Waals surface area (Å²) in [6, 6.07) is 7.46. The van der Waals surface area contributed by atoms with Crippen molar-refractivity contribution < 1.29 is 236 Å². The summed E-state index contributed by atoms with van der Waals surface area (Å²) in [6.45, 7) is -37.2. The molecule has 0 atom stereocenters. The van der Waals surface area contributed by atoms with E-state index in [-0.39, 0.29) is 11.3 Å². The average Bonchev–Trinajstić information content (AvgIpc) is 1.57. The molecule has 0 unspecified atom stereocenters. The molecule has 59 heteroatoms. The number of ether oxygens (including phenoxy) is 12. The van der Waals surface area contributed by atoms with Gasteiger partial charge in [0.05, 0.1) is 45.6 Å². The number of nitrogens with zero attached hydrogens (tertiary/aromatic N) is 8. The monoisotopic (exact) mass is 1870 g/mol. The standard InChI is InChI=1S/C64H33F36N9O12.O.V/c65-53(66,67)10-110-33-27-29(35(112-12-55(71,72)73)41(118-18-61(89,90)91)39(33)116-16-59(83,84)85)49-105-47(27)103-45-25-8-5-23(2-1-22-3-6-24(101)7-4-22)9-26(25)46(102-45)104-48-28-30(36(113-13-56(74,75)76)42(119-19-62(92,93)94)40(117-17-60(86,87)88)34(28)111-11-54(68,69)70)50(106-48)108-52-32-31(51(107-49)109-52)37(114-14-57(77,78)79)43(120-20-63(95,96)97)44(121-21-64(98,99)100)38(32)115-15-58(80,81)82;;/h3-9H,10-21,101H2;;/q-2;;+2. The molecule has 0 fully saturated rings. The Morgan fingerprint density at radius 2 is 0.447 bits per heavy atom. The van der Waals surface area contributed by atoms with E-state index < -0.39 is 318 Å². The number of aromatic nitrogens is 8. The van der Waals surface area contributed by atoms with Crippen molar-refractivity contribution in [2.24, 2.45) is 0 Å². The predicted octanol–water partition coefficient (Wildman–Crippen LogP) is 18.3. The van der Waals surface area contributed by atoms with Gasteiger partial charge >= 0.3 is 95.2 Å². The summed E-state index contributed by atoms with van der Waals surface area (Å²) in [5.74, 6) is -32.3. The van der Waals surface area contributed by atoms with E-state index in [2.05, 4.69) is 80.1 Å². The van der Waals surface area contributed by atoms with Crippen LogP contribution in [0.3, 0.4) is 0 Å². The normalized spacial score (nSPS) is 13.2. The van der Waals surface area contributed by atoms with Crippen molar-refractivity contribution in [1.82, 2.24) is 39.9 Å². The quantitative estimate of drug-likeness (QED) is 0.0335. The molecule has 22 nitrogen and oxygen atoms in total. The van der Waals surface area contributed by atoms with Gasteiger partial charge in [-0.05, 0) is 47.2 Å². The van der Waals surface area contributed by atoms with Crippen LogP contribution in [0, 0.1) is 11.8 Å². The Bertz CT molecular complexity index is 5470. The number of hydrogen-bond donors (Lipinski definition) is 1. The van der Waals surface area contributed by atoms with Gasteiger partial charge in [-0.3, -0.25) is 0 Å². The maximum absolute atomic E-state index is 14.8. The molecule has 0 amide bonds. The first-order valence-corrected chi connectivity index (χ1v) is 32.4. The van der Waals surface area contributed by atoms with Crippen molar-refractivity contribution in [2.75, 3.05) is 85.0 Å². The molecule has 669 valence electrons. The number of hydrogen-bond acceptors (Lipinski definition) is 20. The predicted molar refractivity (Wildman–Crippen MR) is 330 cm³/mol. The molecule has 3 aromatic heterocycles. The van der Waals surface area contributed by atoms with Crippen LogP contribution in [0.5, 0.6) is 69.0 Å². The molecule has 0 spiro atoms. The summed E-state index contributed by atoms with van der Waals surface area (Å²) in [5.41, 5.74) is -9.83. The molecule has 10 rings (SSSR count). The van der Waals surface area contributed by atoms with Crippen molar-refractivity contribution in [1.29, 1.82) is 0 Å². The Labute approximate surface area is 663 Å². The zero-order valence-corrected chi connectivity index (χ0v) is 59.9. The number of nitrogen functional groups attached to an aromatic ring is 1. The van der Waals surface area contributed by atoms with E-state index in [1.165, 1.54) is 24.3 Å². The SMILES string of the molecule is Nc1ccc(C#Cc2ccc3c4nc5nc(nc6[n-]c(nc7nc(nc([n-]4)c3c2)-c2c(OCC(F)(F)F)c(OCC(F)(F)F)c(OCC(F)(F)F)c(OCC(F)(F)F)c2-7)c2c(OCC(F)(F)F)c(OCC(F)(F)F)c(OCC(F)(F)F)c(OCC(F)(F)F)c62)-c2c(OCC(F)(F)F)c(OCC(F)(F)F)c(OCC(F)(F)F)c(OCC(F)(F)F)c2-5)cc1.[O]=[V+2]. The van der Waals surface area contributed by atoms with E-state index in [0.29, 0.717) is 0 Å². The Morgan fingerprint density at radius 3 is 0.699 bits per heavy atom. The Kier molecular flexibility index (Phi) is 27.0. The van der Waals surface area contributed by atoms with Crippen molar-refractivity contribution in [3.8, 4) is 126 Å². The van der Waals surface area contributed by atoms with Gasteiger partial charge in [0.1, 0.15) is 0 Å². The van der Waals surface area contributed by atoms with Gasteiger partial charge < -0.3 is 92.5 Å². The van der Waals surface area contributed by atoms with Crippen molar-refractivity contribution in [2.45, 2.75) is 74.1 Å². The summed E-state index contributed by atoms with van der Waals surface area (Å²) in [5, 5.41) is -6.21. The Morgan fingerprint density at radius 1 is 0.252 bits per heavy atom. The van der Waals surface area contributed by atoms with Crippen LogP contribution < -0.4 is 72.5 Å². The minimum absolute atomic E-state index is 0.0557. The van der Waals surface area contributed by atoms with E-state index in [1.807, 2.05) is 0 Å². The fraction of sp³-hybridized carbons (Fsp3) is 0.375. The van der Waals surface area contributed by atoms with E-state index in [9.17, 15) is 158 Å². The molecule has 0 saturated carbocycles. The van der Waals surface area contributed by atoms with Crippen molar-refractivity contribution in [3.63, 3.8) is 0 Å². The molecule has 0 aliphatic carbocycles. The van der Waals surface area contributed by atoms with Crippen molar-refractivity contribution >= 4 is 49.8 Å². The Balaban J connectivity index is 0.00000852. The summed E-state index contributed by atoms with van der Waals surface area (Å²) < 4.78 is 589. The van der Waals surface area contributed by atoms with Crippen LogP contribution in [0.4, 0.5) is 164 Å². The van der Waals surface area contributed by atoms with Crippen LogP contribution in [0.2, 0.25) is 0 Å². The molecule has 8 bridgehead atoms. The zero-order valence-electron chi connectivity index (χ0n) is 58.5. The third-order valence-electron chi connectivity index (χ3n) is 14.3. The summed E-state index contributed by atoms with van der Waals surface area (Å²) >= 11 is 1.06. The van der Waals surface area contributed by atoms with Crippen LogP contribution in [-0.4, -0.2) is 183 Å².